The molecule has 28 heavy (non-hydrogen) atoms. The Labute approximate surface area is 165 Å². The van der Waals surface area contributed by atoms with Crippen LogP contribution < -0.4 is 10.6 Å². The minimum atomic E-state index is 0.527. The van der Waals surface area contributed by atoms with Gasteiger partial charge in [0.1, 0.15) is 6.26 Å². The van der Waals surface area contributed by atoms with Crippen LogP contribution in [0, 0.1) is 6.92 Å². The summed E-state index contributed by atoms with van der Waals surface area (Å²) in [5, 5.41) is 6.57. The van der Waals surface area contributed by atoms with Crippen LogP contribution in [0.3, 0.4) is 0 Å². The Morgan fingerprint density at radius 2 is 1.82 bits per heavy atom. The molecule has 0 radical (unpaired) electrons. The molecule has 2 aromatic carbocycles. The van der Waals surface area contributed by atoms with Crippen molar-refractivity contribution >= 4 is 5.96 Å². The highest BCUT2D eigenvalue weighted by Gasteiger charge is 2.07. The second-order valence-corrected chi connectivity index (χ2v) is 6.54. The molecule has 0 aliphatic heterocycles. The Bertz CT molecular complexity index is 916. The first-order chi connectivity index (χ1) is 13.7. The van der Waals surface area contributed by atoms with Gasteiger partial charge in [-0.2, -0.15) is 0 Å². The first kappa shape index (κ1) is 19.6. The van der Waals surface area contributed by atoms with Gasteiger partial charge in [0.15, 0.2) is 5.96 Å². The molecule has 0 aliphatic carbocycles. The topological polar surface area (TPSA) is 71.7 Å². The predicted molar refractivity (Wildman–Crippen MR) is 111 cm³/mol. The molecular formula is C22H26N4O2. The molecule has 3 aromatic rings. The average molecular weight is 378 g/mol. The number of guanidine groups is 1. The SMILES string of the molecule is CN=C(NCc1cccc(COC)c1)NCc1coc(-c2ccc(C)cc2)n1. The quantitative estimate of drug-likeness (QED) is 0.485. The lowest BCUT2D eigenvalue weighted by atomic mass is 10.1. The van der Waals surface area contributed by atoms with Crippen LogP contribution in [0.2, 0.25) is 0 Å². The molecule has 6 nitrogen and oxygen atoms in total. The highest BCUT2D eigenvalue weighted by atomic mass is 16.5. The molecule has 0 unspecified atom stereocenters. The van der Waals surface area contributed by atoms with Crippen LogP contribution in [-0.2, 0) is 24.4 Å². The van der Waals surface area contributed by atoms with Gasteiger partial charge in [0.2, 0.25) is 5.89 Å². The number of aliphatic imine (C=N–C) groups is 1. The van der Waals surface area contributed by atoms with Crippen molar-refractivity contribution in [3.8, 4) is 11.5 Å². The Hall–Kier alpha value is -3.12. The summed E-state index contributed by atoms with van der Waals surface area (Å²) in [7, 11) is 3.45. The summed E-state index contributed by atoms with van der Waals surface area (Å²) < 4.78 is 10.8. The lowest BCUT2D eigenvalue weighted by molar-refractivity contribution is 0.185. The van der Waals surface area contributed by atoms with Gasteiger partial charge in [-0.1, -0.05) is 42.0 Å². The lowest BCUT2D eigenvalue weighted by Gasteiger charge is -2.11. The molecule has 0 amide bonds. The molecule has 0 aliphatic rings. The van der Waals surface area contributed by atoms with E-state index >= 15 is 0 Å². The van der Waals surface area contributed by atoms with E-state index in [1.165, 1.54) is 11.1 Å². The minimum absolute atomic E-state index is 0.527. The van der Waals surface area contributed by atoms with Crippen LogP contribution in [0.4, 0.5) is 0 Å². The van der Waals surface area contributed by atoms with Gasteiger partial charge in [-0.15, -0.1) is 0 Å². The van der Waals surface area contributed by atoms with E-state index in [1.807, 2.05) is 30.3 Å². The van der Waals surface area contributed by atoms with Crippen molar-refractivity contribution in [1.82, 2.24) is 15.6 Å². The van der Waals surface area contributed by atoms with Crippen molar-refractivity contribution in [1.29, 1.82) is 0 Å². The third-order valence-corrected chi connectivity index (χ3v) is 4.27. The van der Waals surface area contributed by atoms with Gasteiger partial charge in [-0.05, 0) is 30.2 Å². The van der Waals surface area contributed by atoms with E-state index in [1.54, 1.807) is 20.4 Å². The Morgan fingerprint density at radius 1 is 1.07 bits per heavy atom. The van der Waals surface area contributed by atoms with Crippen molar-refractivity contribution in [2.75, 3.05) is 14.2 Å². The fourth-order valence-corrected chi connectivity index (χ4v) is 2.79. The smallest absolute Gasteiger partial charge is 0.226 e. The third-order valence-electron chi connectivity index (χ3n) is 4.27. The van der Waals surface area contributed by atoms with E-state index < -0.39 is 0 Å². The lowest BCUT2D eigenvalue weighted by Crippen LogP contribution is -2.36. The molecular weight excluding hydrogens is 352 g/mol. The first-order valence-electron chi connectivity index (χ1n) is 9.20. The number of oxazole rings is 1. The van der Waals surface area contributed by atoms with Gasteiger partial charge >= 0.3 is 0 Å². The number of methoxy groups -OCH3 is 1. The number of ether oxygens (including phenoxy) is 1. The maximum atomic E-state index is 5.60. The van der Waals surface area contributed by atoms with Crippen LogP contribution in [0.5, 0.6) is 0 Å². The second-order valence-electron chi connectivity index (χ2n) is 6.54. The number of benzene rings is 2. The van der Waals surface area contributed by atoms with E-state index in [0.717, 1.165) is 16.8 Å². The van der Waals surface area contributed by atoms with Gasteiger partial charge < -0.3 is 19.8 Å². The molecule has 0 fully saturated rings. The molecule has 0 saturated heterocycles. The van der Waals surface area contributed by atoms with E-state index in [-0.39, 0.29) is 0 Å². The van der Waals surface area contributed by atoms with E-state index in [0.29, 0.717) is 31.5 Å². The zero-order chi connectivity index (χ0) is 19.8. The Kier molecular flexibility index (Phi) is 6.81. The van der Waals surface area contributed by atoms with Gasteiger partial charge in [0, 0.05) is 26.3 Å². The molecule has 0 bridgehead atoms. The van der Waals surface area contributed by atoms with Gasteiger partial charge in [0.25, 0.3) is 0 Å². The van der Waals surface area contributed by atoms with Gasteiger partial charge in [-0.3, -0.25) is 4.99 Å². The maximum absolute atomic E-state index is 5.60. The second kappa shape index (κ2) is 9.71. The fourth-order valence-electron chi connectivity index (χ4n) is 2.79. The van der Waals surface area contributed by atoms with Gasteiger partial charge in [0.05, 0.1) is 18.8 Å². The van der Waals surface area contributed by atoms with E-state index in [9.17, 15) is 0 Å². The number of aryl methyl sites for hydroxylation is 1. The molecule has 3 rings (SSSR count). The highest BCUT2D eigenvalue weighted by Crippen LogP contribution is 2.19. The average Bonchev–Trinajstić information content (AvgIpc) is 3.18. The summed E-state index contributed by atoms with van der Waals surface area (Å²) in [6.07, 6.45) is 1.67. The summed E-state index contributed by atoms with van der Waals surface area (Å²) >= 11 is 0. The molecule has 0 spiro atoms. The molecule has 2 N–H and O–H groups in total. The number of hydrogen-bond acceptors (Lipinski definition) is 4. The summed E-state index contributed by atoms with van der Waals surface area (Å²) in [6.45, 7) is 3.86. The van der Waals surface area contributed by atoms with Crippen LogP contribution in [-0.4, -0.2) is 25.1 Å². The largest absolute Gasteiger partial charge is 0.444 e. The standard InChI is InChI=1S/C22H26N4O2/c1-16-7-9-19(10-8-16)21-26-20(15-28-21)13-25-22(23-2)24-12-17-5-4-6-18(11-17)14-27-3/h4-11,15H,12-14H2,1-3H3,(H2,23,24,25). The maximum Gasteiger partial charge on any atom is 0.226 e. The molecule has 1 heterocycles. The summed E-state index contributed by atoms with van der Waals surface area (Å²) in [5.74, 6) is 1.33. The first-order valence-corrected chi connectivity index (χ1v) is 9.20. The highest BCUT2D eigenvalue weighted by molar-refractivity contribution is 5.79. The zero-order valence-electron chi connectivity index (χ0n) is 16.5. The van der Waals surface area contributed by atoms with Crippen LogP contribution in [0.1, 0.15) is 22.4 Å². The van der Waals surface area contributed by atoms with Crippen LogP contribution in [0.15, 0.2) is 64.2 Å². The van der Waals surface area contributed by atoms with E-state index in [4.69, 9.17) is 9.15 Å². The Balaban J connectivity index is 1.53. The molecule has 1 aromatic heterocycles. The molecule has 6 heteroatoms. The van der Waals surface area contributed by atoms with Crippen molar-refractivity contribution < 1.29 is 9.15 Å². The van der Waals surface area contributed by atoms with Crippen molar-refractivity contribution in [2.45, 2.75) is 26.6 Å². The zero-order valence-corrected chi connectivity index (χ0v) is 16.5. The van der Waals surface area contributed by atoms with Crippen LogP contribution in [0.25, 0.3) is 11.5 Å². The molecule has 0 atom stereocenters. The Morgan fingerprint density at radius 3 is 2.57 bits per heavy atom. The molecule has 0 saturated carbocycles. The monoisotopic (exact) mass is 378 g/mol. The third kappa shape index (κ3) is 5.44. The summed E-state index contributed by atoms with van der Waals surface area (Å²) in [6, 6.07) is 16.4. The van der Waals surface area contributed by atoms with Crippen molar-refractivity contribution in [3.05, 3.63) is 77.2 Å². The van der Waals surface area contributed by atoms with Gasteiger partial charge in [-0.25, -0.2) is 4.98 Å². The molecule has 146 valence electrons. The number of aromatic nitrogens is 1. The van der Waals surface area contributed by atoms with E-state index in [2.05, 4.69) is 45.7 Å². The summed E-state index contributed by atoms with van der Waals surface area (Å²) in [5.41, 5.74) is 5.31. The van der Waals surface area contributed by atoms with Crippen LogP contribution >= 0.6 is 0 Å². The normalized spacial score (nSPS) is 11.5. The predicted octanol–water partition coefficient (Wildman–Crippen LogP) is 3.66. The summed E-state index contributed by atoms with van der Waals surface area (Å²) in [4.78, 5) is 8.80. The number of hydrogen-bond donors (Lipinski definition) is 2. The number of nitrogens with zero attached hydrogens (tertiary/aromatic N) is 2. The number of rotatable bonds is 7. The minimum Gasteiger partial charge on any atom is -0.444 e. The fraction of sp³-hybridized carbons (Fsp3) is 0.273. The van der Waals surface area contributed by atoms with Crippen molar-refractivity contribution in [2.24, 2.45) is 4.99 Å². The number of nitrogens with one attached hydrogen (secondary N) is 2. The van der Waals surface area contributed by atoms with Crippen molar-refractivity contribution in [3.63, 3.8) is 0 Å².